The van der Waals surface area contributed by atoms with E-state index in [4.69, 9.17) is 9.15 Å². The second kappa shape index (κ2) is 6.57. The van der Waals surface area contributed by atoms with Gasteiger partial charge in [-0.05, 0) is 42.3 Å². The van der Waals surface area contributed by atoms with Gasteiger partial charge in [-0.1, -0.05) is 28.1 Å². The lowest BCUT2D eigenvalue weighted by Gasteiger charge is -2.31. The van der Waals surface area contributed by atoms with Gasteiger partial charge in [-0.2, -0.15) is 0 Å². The maximum atomic E-state index is 6.13. The number of furan rings is 1. The zero-order valence-corrected chi connectivity index (χ0v) is 12.8. The van der Waals surface area contributed by atoms with Crippen LogP contribution in [0.3, 0.4) is 0 Å². The Bertz CT molecular complexity index is 524. The first kappa shape index (κ1) is 13.9. The Morgan fingerprint density at radius 2 is 2.10 bits per heavy atom. The number of ether oxygens (including phenoxy) is 1. The highest BCUT2D eigenvalue weighted by atomic mass is 79.9. The quantitative estimate of drug-likeness (QED) is 0.924. The second-order valence-electron chi connectivity index (χ2n) is 5.13. The van der Waals surface area contributed by atoms with Gasteiger partial charge < -0.3 is 14.5 Å². The minimum atomic E-state index is 0.199. The van der Waals surface area contributed by atoms with Crippen LogP contribution in [0.15, 0.2) is 51.7 Å². The Hall–Kier alpha value is -1.10. The molecule has 2 aromatic rings. The summed E-state index contributed by atoms with van der Waals surface area (Å²) in [7, 11) is 0. The zero-order chi connectivity index (χ0) is 13.8. The monoisotopic (exact) mass is 335 g/mol. The van der Waals surface area contributed by atoms with E-state index in [1.165, 1.54) is 11.1 Å². The largest absolute Gasteiger partial charge is 0.472 e. The lowest BCUT2D eigenvalue weighted by Crippen LogP contribution is -2.40. The van der Waals surface area contributed by atoms with Gasteiger partial charge in [0, 0.05) is 16.9 Å². The number of piperidine rings is 1. The molecule has 0 unspecified atom stereocenters. The van der Waals surface area contributed by atoms with Gasteiger partial charge >= 0.3 is 0 Å². The smallest absolute Gasteiger partial charge is 0.0938 e. The summed E-state index contributed by atoms with van der Waals surface area (Å²) in [6.45, 7) is 2.58. The van der Waals surface area contributed by atoms with Crippen LogP contribution in [0.4, 0.5) is 0 Å². The lowest BCUT2D eigenvalue weighted by molar-refractivity contribution is 0.0105. The third kappa shape index (κ3) is 3.32. The van der Waals surface area contributed by atoms with Crippen LogP contribution in [-0.4, -0.2) is 19.2 Å². The van der Waals surface area contributed by atoms with Crippen molar-refractivity contribution in [3.05, 3.63) is 58.5 Å². The Labute approximate surface area is 127 Å². The number of halogens is 1. The molecular formula is C16H18BrNO2. The highest BCUT2D eigenvalue weighted by molar-refractivity contribution is 9.10. The third-order valence-electron chi connectivity index (χ3n) is 3.78. The van der Waals surface area contributed by atoms with Crippen LogP contribution in [0, 0.1) is 0 Å². The number of rotatable bonds is 4. The summed E-state index contributed by atoms with van der Waals surface area (Å²) in [4.78, 5) is 0. The molecule has 0 bridgehead atoms. The van der Waals surface area contributed by atoms with Gasteiger partial charge in [-0.25, -0.2) is 0 Å². The van der Waals surface area contributed by atoms with Crippen molar-refractivity contribution in [1.29, 1.82) is 0 Å². The second-order valence-corrected chi connectivity index (χ2v) is 6.05. The van der Waals surface area contributed by atoms with Crippen molar-refractivity contribution in [3.63, 3.8) is 0 Å². The van der Waals surface area contributed by atoms with E-state index in [9.17, 15) is 0 Å². The molecule has 0 spiro atoms. The molecule has 1 aliphatic rings. The van der Waals surface area contributed by atoms with Crippen LogP contribution < -0.4 is 5.32 Å². The fourth-order valence-electron chi connectivity index (χ4n) is 2.66. The summed E-state index contributed by atoms with van der Waals surface area (Å²) < 4.78 is 12.4. The maximum absolute atomic E-state index is 6.13. The fraction of sp³-hybridized carbons (Fsp3) is 0.375. The summed E-state index contributed by atoms with van der Waals surface area (Å²) in [6, 6.07) is 10.3. The van der Waals surface area contributed by atoms with Gasteiger partial charge in [-0.3, -0.25) is 0 Å². The Kier molecular flexibility index (Phi) is 4.55. The van der Waals surface area contributed by atoms with E-state index in [-0.39, 0.29) is 6.10 Å². The summed E-state index contributed by atoms with van der Waals surface area (Å²) in [6.07, 6.45) is 4.87. The van der Waals surface area contributed by atoms with Crippen LogP contribution in [0.2, 0.25) is 0 Å². The molecule has 1 aliphatic heterocycles. The number of hydrogen-bond donors (Lipinski definition) is 1. The molecule has 1 aromatic heterocycles. The highest BCUT2D eigenvalue weighted by Gasteiger charge is 2.27. The number of benzene rings is 1. The summed E-state index contributed by atoms with van der Waals surface area (Å²) in [5, 5.41) is 3.41. The molecule has 1 fully saturated rings. The molecule has 106 valence electrons. The molecule has 2 atom stereocenters. The number of nitrogens with one attached hydrogen (secondary N) is 1. The van der Waals surface area contributed by atoms with Crippen LogP contribution in [0.25, 0.3) is 0 Å². The van der Waals surface area contributed by atoms with E-state index in [0.717, 1.165) is 24.0 Å². The maximum Gasteiger partial charge on any atom is 0.0938 e. The van der Waals surface area contributed by atoms with E-state index in [1.807, 2.05) is 24.5 Å². The fourth-order valence-corrected chi connectivity index (χ4v) is 2.92. The van der Waals surface area contributed by atoms with E-state index < -0.39 is 0 Å². The Morgan fingerprint density at radius 3 is 2.85 bits per heavy atom. The molecule has 0 radical (unpaired) electrons. The van der Waals surface area contributed by atoms with Crippen molar-refractivity contribution < 1.29 is 9.15 Å². The number of hydrogen-bond acceptors (Lipinski definition) is 3. The standard InChI is InChI=1S/C16H18BrNO2/c17-14-3-1-12(2-4-14)10-20-16-9-18-7-5-15(16)13-6-8-19-11-13/h1-4,6,8,11,15-16,18H,5,7,9-10H2/t15-,16+/m1/s1. The van der Waals surface area contributed by atoms with Gasteiger partial charge in [0.15, 0.2) is 0 Å². The molecule has 0 saturated carbocycles. The van der Waals surface area contributed by atoms with Crippen molar-refractivity contribution in [2.24, 2.45) is 0 Å². The third-order valence-corrected chi connectivity index (χ3v) is 4.30. The minimum absolute atomic E-state index is 0.199. The molecule has 3 rings (SSSR count). The normalized spacial score (nSPS) is 22.9. The molecule has 4 heteroatoms. The summed E-state index contributed by atoms with van der Waals surface area (Å²) >= 11 is 3.45. The van der Waals surface area contributed by atoms with E-state index in [1.54, 1.807) is 6.26 Å². The van der Waals surface area contributed by atoms with E-state index >= 15 is 0 Å². The molecule has 1 aromatic carbocycles. The average molecular weight is 336 g/mol. The Morgan fingerprint density at radius 1 is 1.25 bits per heavy atom. The van der Waals surface area contributed by atoms with Crippen molar-refractivity contribution in [2.75, 3.05) is 13.1 Å². The SMILES string of the molecule is Brc1ccc(CO[C@H]2CNCC[C@@H]2c2ccoc2)cc1. The van der Waals surface area contributed by atoms with Crippen molar-refractivity contribution in [3.8, 4) is 0 Å². The molecule has 3 nitrogen and oxygen atoms in total. The summed E-state index contributed by atoms with van der Waals surface area (Å²) in [5.41, 5.74) is 2.44. The molecule has 20 heavy (non-hydrogen) atoms. The first-order chi connectivity index (χ1) is 9.83. The average Bonchev–Trinajstić information content (AvgIpc) is 3.01. The molecule has 1 N–H and O–H groups in total. The van der Waals surface area contributed by atoms with Crippen LogP contribution >= 0.6 is 15.9 Å². The topological polar surface area (TPSA) is 34.4 Å². The van der Waals surface area contributed by atoms with Crippen molar-refractivity contribution in [2.45, 2.75) is 25.0 Å². The summed E-state index contributed by atoms with van der Waals surface area (Å²) in [5.74, 6) is 0.422. The van der Waals surface area contributed by atoms with Crippen molar-refractivity contribution >= 4 is 15.9 Å². The van der Waals surface area contributed by atoms with Crippen LogP contribution in [0.1, 0.15) is 23.5 Å². The zero-order valence-electron chi connectivity index (χ0n) is 11.2. The molecule has 0 aliphatic carbocycles. The van der Waals surface area contributed by atoms with Gasteiger partial charge in [0.2, 0.25) is 0 Å². The highest BCUT2D eigenvalue weighted by Crippen LogP contribution is 2.28. The van der Waals surface area contributed by atoms with Gasteiger partial charge in [0.25, 0.3) is 0 Å². The van der Waals surface area contributed by atoms with E-state index in [0.29, 0.717) is 12.5 Å². The van der Waals surface area contributed by atoms with Gasteiger partial charge in [0.1, 0.15) is 0 Å². The van der Waals surface area contributed by atoms with Crippen LogP contribution in [-0.2, 0) is 11.3 Å². The van der Waals surface area contributed by atoms with E-state index in [2.05, 4.69) is 33.4 Å². The van der Waals surface area contributed by atoms with Gasteiger partial charge in [0.05, 0.1) is 25.2 Å². The minimum Gasteiger partial charge on any atom is -0.472 e. The van der Waals surface area contributed by atoms with Gasteiger partial charge in [-0.15, -0.1) is 0 Å². The van der Waals surface area contributed by atoms with Crippen LogP contribution in [0.5, 0.6) is 0 Å². The first-order valence-electron chi connectivity index (χ1n) is 6.92. The molecule has 2 heterocycles. The first-order valence-corrected chi connectivity index (χ1v) is 7.71. The predicted molar refractivity (Wildman–Crippen MR) is 81.7 cm³/mol. The molecular weight excluding hydrogens is 318 g/mol. The Balaban J connectivity index is 1.64. The molecule has 0 amide bonds. The molecule has 1 saturated heterocycles. The van der Waals surface area contributed by atoms with Crippen molar-refractivity contribution in [1.82, 2.24) is 5.32 Å². The predicted octanol–water partition coefficient (Wildman–Crippen LogP) is 3.70. The lowest BCUT2D eigenvalue weighted by atomic mass is 9.89.